The van der Waals surface area contributed by atoms with Crippen LogP contribution in [0.4, 0.5) is 0 Å². The third kappa shape index (κ3) is 2.67. The molecule has 6 nitrogen and oxygen atoms in total. The molecule has 5 rings (SSSR count). The van der Waals surface area contributed by atoms with Gasteiger partial charge in [0, 0.05) is 49.8 Å². The number of rotatable bonds is 4. The molecule has 1 saturated carbocycles. The minimum Gasteiger partial charge on any atom is -0.298 e. The topological polar surface area (TPSA) is 69.3 Å². The molecule has 0 bridgehead atoms. The van der Waals surface area contributed by atoms with E-state index in [-0.39, 0.29) is 15.7 Å². The molecule has 27 heavy (non-hydrogen) atoms. The van der Waals surface area contributed by atoms with Gasteiger partial charge in [0.05, 0.1) is 6.20 Å². The Bertz CT molecular complexity index is 891. The third-order valence-corrected chi connectivity index (χ3v) is 8.81. The lowest BCUT2D eigenvalue weighted by Gasteiger charge is -2.42. The van der Waals surface area contributed by atoms with Gasteiger partial charge in [0.15, 0.2) is 0 Å². The zero-order chi connectivity index (χ0) is 18.5. The summed E-state index contributed by atoms with van der Waals surface area (Å²) in [5.41, 5.74) is 1.53. The zero-order valence-corrected chi connectivity index (χ0v) is 16.3. The monoisotopic (exact) mass is 386 g/mol. The molecule has 1 aliphatic carbocycles. The van der Waals surface area contributed by atoms with E-state index in [2.05, 4.69) is 45.4 Å². The summed E-state index contributed by atoms with van der Waals surface area (Å²) in [7, 11) is -3.46. The van der Waals surface area contributed by atoms with Crippen LogP contribution >= 0.6 is 0 Å². The summed E-state index contributed by atoms with van der Waals surface area (Å²) < 4.78 is 27.9. The maximum absolute atomic E-state index is 13.1. The van der Waals surface area contributed by atoms with Gasteiger partial charge in [-0.1, -0.05) is 43.2 Å². The Balaban J connectivity index is 1.42. The Morgan fingerprint density at radius 1 is 1.00 bits per heavy atom. The quantitative estimate of drug-likeness (QED) is 0.876. The average Bonchev–Trinajstić information content (AvgIpc) is 3.35. The second-order valence-electron chi connectivity index (χ2n) is 8.61. The van der Waals surface area contributed by atoms with Crippen LogP contribution in [-0.4, -0.2) is 54.0 Å². The fourth-order valence-electron chi connectivity index (χ4n) is 5.84. The maximum Gasteiger partial charge on any atom is 0.246 e. The number of sulfonamides is 1. The first kappa shape index (κ1) is 17.4. The van der Waals surface area contributed by atoms with Crippen LogP contribution in [0.15, 0.2) is 47.6 Å². The molecule has 2 atom stereocenters. The Labute approximate surface area is 160 Å². The largest absolute Gasteiger partial charge is 0.298 e. The van der Waals surface area contributed by atoms with Crippen molar-refractivity contribution in [2.24, 2.45) is 10.8 Å². The normalized spacial score (nSPS) is 31.7. The molecule has 2 aliphatic heterocycles. The van der Waals surface area contributed by atoms with Crippen molar-refractivity contribution in [2.75, 3.05) is 26.2 Å². The standard InChI is InChI=1S/C20H26N4O2S/c25-27(26,18-10-21-22-11-18)24-15-19-8-4-5-9-20(19,16-24)14-23(13-19)12-17-6-2-1-3-7-17/h1-3,6-7,10-11H,4-5,8-9,12-16H2,(H,21,22). The van der Waals surface area contributed by atoms with Crippen LogP contribution in [0.1, 0.15) is 31.2 Å². The molecule has 3 heterocycles. The number of H-pyrrole nitrogens is 1. The van der Waals surface area contributed by atoms with Crippen LogP contribution in [-0.2, 0) is 16.6 Å². The van der Waals surface area contributed by atoms with Gasteiger partial charge >= 0.3 is 0 Å². The van der Waals surface area contributed by atoms with E-state index in [1.54, 1.807) is 4.31 Å². The summed E-state index contributed by atoms with van der Waals surface area (Å²) in [5, 5.41) is 6.48. The molecule has 2 saturated heterocycles. The number of hydrogen-bond donors (Lipinski definition) is 1. The van der Waals surface area contributed by atoms with Crippen molar-refractivity contribution < 1.29 is 8.42 Å². The average molecular weight is 387 g/mol. The molecule has 0 radical (unpaired) electrons. The predicted molar refractivity (Wildman–Crippen MR) is 102 cm³/mol. The molecule has 3 aliphatic rings. The van der Waals surface area contributed by atoms with Crippen molar-refractivity contribution >= 4 is 10.0 Å². The molecule has 3 fully saturated rings. The van der Waals surface area contributed by atoms with Crippen LogP contribution in [0.25, 0.3) is 0 Å². The first-order chi connectivity index (χ1) is 13.0. The number of nitrogens with one attached hydrogen (secondary N) is 1. The Morgan fingerprint density at radius 2 is 1.67 bits per heavy atom. The Kier molecular flexibility index (Phi) is 3.97. The van der Waals surface area contributed by atoms with E-state index in [1.807, 2.05) is 0 Å². The van der Waals surface area contributed by atoms with E-state index in [1.165, 1.54) is 30.8 Å². The molecular formula is C20H26N4O2S. The summed E-state index contributed by atoms with van der Waals surface area (Å²) in [4.78, 5) is 2.84. The van der Waals surface area contributed by atoms with E-state index in [4.69, 9.17) is 0 Å². The van der Waals surface area contributed by atoms with Gasteiger partial charge in [0.25, 0.3) is 0 Å². The summed E-state index contributed by atoms with van der Waals surface area (Å²) in [6, 6.07) is 10.6. The zero-order valence-electron chi connectivity index (χ0n) is 15.5. The van der Waals surface area contributed by atoms with E-state index in [0.717, 1.165) is 32.5 Å². The predicted octanol–water partition coefficient (Wildman–Crippen LogP) is 2.48. The van der Waals surface area contributed by atoms with Crippen LogP contribution in [0.2, 0.25) is 0 Å². The molecule has 144 valence electrons. The molecule has 1 N–H and O–H groups in total. The highest BCUT2D eigenvalue weighted by molar-refractivity contribution is 7.89. The van der Waals surface area contributed by atoms with Crippen LogP contribution in [0.3, 0.4) is 0 Å². The molecule has 2 aromatic rings. The maximum atomic E-state index is 13.1. The van der Waals surface area contributed by atoms with Crippen molar-refractivity contribution in [1.29, 1.82) is 0 Å². The summed E-state index contributed by atoms with van der Waals surface area (Å²) >= 11 is 0. The molecule has 0 amide bonds. The molecule has 2 unspecified atom stereocenters. The van der Waals surface area contributed by atoms with Gasteiger partial charge in [-0.2, -0.15) is 9.40 Å². The molecule has 7 heteroatoms. The minimum absolute atomic E-state index is 0.0941. The summed E-state index contributed by atoms with van der Waals surface area (Å²) in [6.07, 6.45) is 7.60. The van der Waals surface area contributed by atoms with Crippen LogP contribution in [0.5, 0.6) is 0 Å². The number of benzene rings is 1. The lowest BCUT2D eigenvalue weighted by molar-refractivity contribution is 0.0945. The van der Waals surface area contributed by atoms with Crippen molar-refractivity contribution in [3.05, 3.63) is 48.3 Å². The van der Waals surface area contributed by atoms with Crippen molar-refractivity contribution in [1.82, 2.24) is 19.4 Å². The van der Waals surface area contributed by atoms with Gasteiger partial charge < -0.3 is 0 Å². The van der Waals surface area contributed by atoms with Gasteiger partial charge in [-0.3, -0.25) is 10.00 Å². The first-order valence-electron chi connectivity index (χ1n) is 9.78. The highest BCUT2D eigenvalue weighted by Crippen LogP contribution is 2.60. The number of aromatic amines is 1. The van der Waals surface area contributed by atoms with Gasteiger partial charge in [0.2, 0.25) is 10.0 Å². The lowest BCUT2D eigenvalue weighted by atomic mass is 9.60. The SMILES string of the molecule is O=S(=O)(c1cn[nH]c1)N1CC23CCCCC2(CN(Cc2ccccc2)C3)C1. The molecule has 0 spiro atoms. The molecule has 1 aromatic heterocycles. The smallest absolute Gasteiger partial charge is 0.246 e. The summed E-state index contributed by atoms with van der Waals surface area (Å²) in [6.45, 7) is 4.25. The first-order valence-corrected chi connectivity index (χ1v) is 11.2. The highest BCUT2D eigenvalue weighted by atomic mass is 32.2. The number of hydrogen-bond acceptors (Lipinski definition) is 4. The fraction of sp³-hybridized carbons (Fsp3) is 0.550. The van der Waals surface area contributed by atoms with Crippen molar-refractivity contribution in [3.63, 3.8) is 0 Å². The lowest BCUT2D eigenvalue weighted by Crippen LogP contribution is -2.42. The number of likely N-dealkylation sites (tertiary alicyclic amines) is 1. The highest BCUT2D eigenvalue weighted by Gasteiger charge is 2.64. The third-order valence-electron chi connectivity index (χ3n) is 7.06. The van der Waals surface area contributed by atoms with E-state index in [0.29, 0.717) is 13.1 Å². The van der Waals surface area contributed by atoms with Gasteiger partial charge in [-0.05, 0) is 18.4 Å². The second-order valence-corrected chi connectivity index (χ2v) is 10.5. The summed E-state index contributed by atoms with van der Waals surface area (Å²) in [5.74, 6) is 0. The number of aromatic nitrogens is 2. The Morgan fingerprint density at radius 3 is 2.26 bits per heavy atom. The van der Waals surface area contributed by atoms with Crippen molar-refractivity contribution in [3.8, 4) is 0 Å². The van der Waals surface area contributed by atoms with Gasteiger partial charge in [-0.15, -0.1) is 0 Å². The van der Waals surface area contributed by atoms with Crippen molar-refractivity contribution in [2.45, 2.75) is 37.1 Å². The fourth-order valence-corrected chi connectivity index (χ4v) is 7.36. The van der Waals surface area contributed by atoms with Crippen LogP contribution in [0, 0.1) is 10.8 Å². The van der Waals surface area contributed by atoms with E-state index < -0.39 is 10.0 Å². The number of nitrogens with zero attached hydrogens (tertiary/aromatic N) is 3. The van der Waals surface area contributed by atoms with Gasteiger partial charge in [0.1, 0.15) is 4.90 Å². The van der Waals surface area contributed by atoms with Gasteiger partial charge in [-0.25, -0.2) is 8.42 Å². The van der Waals surface area contributed by atoms with E-state index >= 15 is 0 Å². The minimum atomic E-state index is -3.46. The van der Waals surface area contributed by atoms with Crippen LogP contribution < -0.4 is 0 Å². The Hall–Kier alpha value is -1.70. The van der Waals surface area contributed by atoms with E-state index in [9.17, 15) is 8.42 Å². The molecule has 1 aromatic carbocycles. The molecular weight excluding hydrogens is 360 g/mol. The second kappa shape index (κ2) is 6.15.